The van der Waals surface area contributed by atoms with E-state index in [0.717, 1.165) is 0 Å². The highest BCUT2D eigenvalue weighted by Gasteiger charge is 2.15. The summed E-state index contributed by atoms with van der Waals surface area (Å²) in [6, 6.07) is 1.30. The van der Waals surface area contributed by atoms with Crippen molar-refractivity contribution in [2.45, 2.75) is 237 Å². The highest BCUT2D eigenvalue weighted by molar-refractivity contribution is 9.09. The largest absolute Gasteiger partial charge is 0.168 e. The minimum Gasteiger partial charge on any atom is -0.168 e. The Balaban J connectivity index is 3.04. The first-order chi connectivity index (χ1) is 20.1. The molecule has 0 atom stereocenters. The van der Waals surface area contributed by atoms with Crippen LogP contribution < -0.4 is 0 Å². The van der Waals surface area contributed by atoms with Crippen LogP contribution in [-0.2, 0) is 0 Å². The van der Waals surface area contributed by atoms with Crippen LogP contribution in [0.2, 0.25) is 19.1 Å². The topological polar surface area (TPSA) is 0 Å². The molecule has 0 aromatic heterocycles. The van der Waals surface area contributed by atoms with Crippen LogP contribution >= 0.6 is 27.0 Å². The molecule has 0 fully saturated rings. The Morgan fingerprint density at radius 2 is 0.439 bits per heavy atom. The van der Waals surface area contributed by atoms with Crippen molar-refractivity contribution in [3.8, 4) is 0 Å². The molecule has 0 saturated carbocycles. The molecule has 0 bridgehead atoms. The van der Waals surface area contributed by atoms with Crippen molar-refractivity contribution >= 4 is 34.4 Å². The van der Waals surface area contributed by atoms with Crippen LogP contribution in [0.3, 0.4) is 0 Å². The Labute approximate surface area is 275 Å². The molecule has 0 aromatic carbocycles. The number of hydrogen-bond donors (Lipinski definition) is 0. The van der Waals surface area contributed by atoms with Gasteiger partial charge in [-0.2, -0.15) is 11.1 Å². The van der Waals surface area contributed by atoms with Crippen molar-refractivity contribution in [3.05, 3.63) is 0 Å². The Morgan fingerprint density at radius 3 is 0.585 bits per heavy atom. The van der Waals surface area contributed by atoms with E-state index in [2.05, 4.69) is 29.0 Å². The van der Waals surface area contributed by atoms with E-state index in [1.165, 1.54) is 230 Å². The lowest BCUT2D eigenvalue weighted by atomic mass is 10.0. The quantitative estimate of drug-likeness (QED) is 0.0268. The molecule has 0 aromatic rings. The number of hydrogen-bond acceptors (Lipinski definition) is 0. The van der Waals surface area contributed by atoms with Gasteiger partial charge < -0.3 is 0 Å². The monoisotopic (exact) mass is 676 g/mol. The maximum absolute atomic E-state index is 6.40. The highest BCUT2D eigenvalue weighted by atomic mass is 79.9. The maximum atomic E-state index is 6.40. The van der Waals surface area contributed by atoms with Crippen LogP contribution in [0.15, 0.2) is 0 Å². The molecule has 0 saturated heterocycles. The lowest BCUT2D eigenvalue weighted by Crippen LogP contribution is -2.14. The van der Waals surface area contributed by atoms with Gasteiger partial charge in [-0.25, -0.2) is 0 Å². The van der Waals surface area contributed by atoms with Crippen LogP contribution in [-0.4, -0.2) is 12.7 Å². The van der Waals surface area contributed by atoms with E-state index in [1.54, 1.807) is 0 Å². The maximum Gasteiger partial charge on any atom is 0.150 e. The van der Waals surface area contributed by atoms with Crippen LogP contribution in [0.5, 0.6) is 0 Å². The zero-order valence-corrected chi connectivity index (χ0v) is 32.1. The first-order valence-corrected chi connectivity index (χ1v) is 24.7. The second kappa shape index (κ2) is 35.5. The van der Waals surface area contributed by atoms with E-state index in [9.17, 15) is 0 Å². The van der Waals surface area contributed by atoms with Crippen LogP contribution in [0, 0.1) is 0 Å². The van der Waals surface area contributed by atoms with Gasteiger partial charge in [0.2, 0.25) is 0 Å². The molecule has 0 aliphatic heterocycles. The second-order valence-electron chi connectivity index (χ2n) is 14.2. The predicted octanol–water partition coefficient (Wildman–Crippen LogP) is 16.1. The number of alkyl halides is 1. The van der Waals surface area contributed by atoms with Gasteiger partial charge in [-0.1, -0.05) is 241 Å². The van der Waals surface area contributed by atoms with Crippen molar-refractivity contribution < 1.29 is 0 Å². The standard InChI is InChI=1S/C38H78BrClSi/c1-41(2,40)38-36-34-32-30-28-26-24-22-20-18-16-14-12-10-8-6-4-3-5-7-9-11-13-15-17-19-21-23-25-27-29-31-33-35-37-39/h3-38H2,1-2H3. The molecule has 0 heterocycles. The summed E-state index contributed by atoms with van der Waals surface area (Å²) in [6.45, 7) is 4.55. The van der Waals surface area contributed by atoms with Gasteiger partial charge in [0, 0.05) is 5.33 Å². The van der Waals surface area contributed by atoms with Gasteiger partial charge in [-0.05, 0) is 12.5 Å². The summed E-state index contributed by atoms with van der Waals surface area (Å²) in [4.78, 5) is 0. The molecule has 0 radical (unpaired) electrons. The minimum atomic E-state index is -1.31. The van der Waals surface area contributed by atoms with E-state index < -0.39 is 7.38 Å². The second-order valence-corrected chi connectivity index (χ2v) is 22.0. The van der Waals surface area contributed by atoms with E-state index >= 15 is 0 Å². The third-order valence-corrected chi connectivity index (χ3v) is 11.8. The van der Waals surface area contributed by atoms with Gasteiger partial charge in [0.25, 0.3) is 0 Å². The van der Waals surface area contributed by atoms with Crippen LogP contribution in [0.4, 0.5) is 0 Å². The van der Waals surface area contributed by atoms with Crippen molar-refractivity contribution in [1.82, 2.24) is 0 Å². The lowest BCUT2D eigenvalue weighted by molar-refractivity contribution is 0.511. The molecule has 0 rings (SSSR count). The molecule has 0 aliphatic rings. The Bertz CT molecular complexity index is 464. The van der Waals surface area contributed by atoms with E-state index in [4.69, 9.17) is 11.1 Å². The Morgan fingerprint density at radius 1 is 0.293 bits per heavy atom. The number of rotatable bonds is 36. The molecule has 248 valence electrons. The van der Waals surface area contributed by atoms with E-state index in [0.29, 0.717) is 0 Å². The summed E-state index contributed by atoms with van der Waals surface area (Å²) < 4.78 is 0. The van der Waals surface area contributed by atoms with Crippen molar-refractivity contribution in [2.75, 3.05) is 5.33 Å². The fourth-order valence-corrected chi connectivity index (χ4v) is 8.18. The Kier molecular flexibility index (Phi) is 36.3. The first-order valence-electron chi connectivity index (χ1n) is 19.3. The van der Waals surface area contributed by atoms with Crippen LogP contribution in [0.1, 0.15) is 218 Å². The Hall–Kier alpha value is 0.987. The van der Waals surface area contributed by atoms with Gasteiger partial charge in [0.1, 0.15) is 7.38 Å². The highest BCUT2D eigenvalue weighted by Crippen LogP contribution is 2.20. The van der Waals surface area contributed by atoms with E-state index in [1.807, 2.05) is 0 Å². The minimum absolute atomic E-state index is 1.19. The number of halogens is 2. The SMILES string of the molecule is C[Si](C)(Cl)CCCCCCCCCCCCCCCCCCCCCCCCCCCCCCCCCCCCBr. The van der Waals surface area contributed by atoms with Gasteiger partial charge in [0.15, 0.2) is 0 Å². The molecule has 0 aliphatic carbocycles. The van der Waals surface area contributed by atoms with Crippen molar-refractivity contribution in [2.24, 2.45) is 0 Å². The third kappa shape index (κ3) is 41.0. The van der Waals surface area contributed by atoms with Crippen molar-refractivity contribution in [3.63, 3.8) is 0 Å². The fraction of sp³-hybridized carbons (Fsp3) is 1.00. The smallest absolute Gasteiger partial charge is 0.150 e. The fourth-order valence-electron chi connectivity index (χ4n) is 6.30. The first kappa shape index (κ1) is 42.0. The third-order valence-electron chi connectivity index (χ3n) is 9.15. The average molecular weight is 678 g/mol. The molecular weight excluding hydrogens is 600 g/mol. The molecule has 0 unspecified atom stereocenters. The van der Waals surface area contributed by atoms with Gasteiger partial charge >= 0.3 is 0 Å². The summed E-state index contributed by atoms with van der Waals surface area (Å²) >= 11 is 9.92. The number of unbranched alkanes of at least 4 members (excludes halogenated alkanes) is 33. The predicted molar refractivity (Wildman–Crippen MR) is 199 cm³/mol. The molecular formula is C38H78BrClSi. The zero-order valence-electron chi connectivity index (χ0n) is 28.7. The molecule has 0 N–H and O–H groups in total. The molecule has 3 heteroatoms. The molecule has 0 amide bonds. The van der Waals surface area contributed by atoms with E-state index in [-0.39, 0.29) is 0 Å². The lowest BCUT2D eigenvalue weighted by Gasteiger charge is -2.11. The van der Waals surface area contributed by atoms with Crippen LogP contribution in [0.25, 0.3) is 0 Å². The molecule has 0 nitrogen and oxygen atoms in total. The summed E-state index contributed by atoms with van der Waals surface area (Å²) in [7, 11) is -1.31. The summed E-state index contributed by atoms with van der Waals surface area (Å²) in [5, 5.41) is 1.19. The summed E-state index contributed by atoms with van der Waals surface area (Å²) in [5.41, 5.74) is 0. The van der Waals surface area contributed by atoms with Gasteiger partial charge in [-0.3, -0.25) is 0 Å². The summed E-state index contributed by atoms with van der Waals surface area (Å²) in [5.74, 6) is 0. The molecule has 41 heavy (non-hydrogen) atoms. The average Bonchev–Trinajstić information content (AvgIpc) is 2.94. The normalized spacial score (nSPS) is 12.0. The zero-order chi connectivity index (χ0) is 30.0. The van der Waals surface area contributed by atoms with Gasteiger partial charge in [-0.15, -0.1) is 0 Å². The van der Waals surface area contributed by atoms with Crippen molar-refractivity contribution in [1.29, 1.82) is 0 Å². The van der Waals surface area contributed by atoms with Gasteiger partial charge in [0.05, 0.1) is 0 Å². The molecule has 0 spiro atoms. The summed E-state index contributed by atoms with van der Waals surface area (Å²) in [6.07, 6.45) is 49.9.